The Kier molecular flexibility index (Phi) is 4.92. The lowest BCUT2D eigenvalue weighted by Gasteiger charge is -2.32. The van der Waals surface area contributed by atoms with Crippen LogP contribution in [-0.2, 0) is 6.54 Å². The van der Waals surface area contributed by atoms with E-state index in [1.54, 1.807) is 6.07 Å². The molecule has 1 aliphatic rings. The minimum absolute atomic E-state index is 0.147. The second kappa shape index (κ2) is 6.67. The number of benzene rings is 1. The first-order valence-electron chi connectivity index (χ1n) is 7.02. The molecule has 2 rings (SSSR count). The number of nitrogens with one attached hydrogen (secondary N) is 1. The first-order valence-corrected chi connectivity index (χ1v) is 7.02. The monoisotopic (exact) mass is 278 g/mol. The van der Waals surface area contributed by atoms with Crippen molar-refractivity contribution >= 4 is 11.4 Å². The lowest BCUT2D eigenvalue weighted by molar-refractivity contribution is -0.384. The number of nitrogens with zero attached hydrogens (tertiary/aromatic N) is 3. The molecule has 1 aromatic rings. The van der Waals surface area contributed by atoms with Crippen LogP contribution in [0.1, 0.15) is 12.5 Å². The Morgan fingerprint density at radius 1 is 1.30 bits per heavy atom. The van der Waals surface area contributed by atoms with Crippen LogP contribution in [0.2, 0.25) is 0 Å². The van der Waals surface area contributed by atoms with E-state index >= 15 is 0 Å². The van der Waals surface area contributed by atoms with E-state index in [1.165, 1.54) is 0 Å². The quantitative estimate of drug-likeness (QED) is 0.657. The molecular formula is C14H22N4O2. The summed E-state index contributed by atoms with van der Waals surface area (Å²) in [5, 5.41) is 14.1. The van der Waals surface area contributed by atoms with Gasteiger partial charge in [-0.2, -0.15) is 0 Å². The minimum Gasteiger partial charge on any atom is -0.380 e. The van der Waals surface area contributed by atoms with Crippen molar-refractivity contribution in [1.82, 2.24) is 9.80 Å². The van der Waals surface area contributed by atoms with Crippen LogP contribution in [0.25, 0.3) is 0 Å². The van der Waals surface area contributed by atoms with Crippen LogP contribution in [0, 0.1) is 10.1 Å². The fourth-order valence-corrected chi connectivity index (χ4v) is 2.44. The second-order valence-corrected chi connectivity index (χ2v) is 5.22. The maximum atomic E-state index is 11.0. The van der Waals surface area contributed by atoms with E-state index in [9.17, 15) is 10.1 Å². The van der Waals surface area contributed by atoms with Gasteiger partial charge < -0.3 is 10.2 Å². The van der Waals surface area contributed by atoms with Gasteiger partial charge in [-0.25, -0.2) is 0 Å². The molecule has 0 aromatic heterocycles. The summed E-state index contributed by atoms with van der Waals surface area (Å²) in [5.41, 5.74) is 1.88. The normalized spacial score (nSPS) is 17.1. The zero-order valence-corrected chi connectivity index (χ0v) is 12.1. The Morgan fingerprint density at radius 3 is 2.60 bits per heavy atom. The van der Waals surface area contributed by atoms with Crippen LogP contribution in [0.15, 0.2) is 18.2 Å². The topological polar surface area (TPSA) is 61.6 Å². The number of likely N-dealkylation sites (N-methyl/N-ethyl adjacent to an activating group) is 1. The van der Waals surface area contributed by atoms with Crippen molar-refractivity contribution in [3.63, 3.8) is 0 Å². The fraction of sp³-hybridized carbons (Fsp3) is 0.571. The number of rotatable bonds is 5. The van der Waals surface area contributed by atoms with E-state index in [0.29, 0.717) is 12.2 Å². The minimum atomic E-state index is -0.336. The highest BCUT2D eigenvalue weighted by molar-refractivity contribution is 5.62. The molecular weight excluding hydrogens is 256 g/mol. The van der Waals surface area contributed by atoms with Gasteiger partial charge in [0, 0.05) is 45.3 Å². The molecule has 0 bridgehead atoms. The summed E-state index contributed by atoms with van der Waals surface area (Å²) in [5.74, 6) is 0. The van der Waals surface area contributed by atoms with Crippen molar-refractivity contribution in [2.24, 2.45) is 0 Å². The zero-order chi connectivity index (χ0) is 14.5. The Balaban J connectivity index is 2.08. The molecule has 0 aliphatic carbocycles. The third kappa shape index (κ3) is 3.68. The zero-order valence-electron chi connectivity index (χ0n) is 12.1. The maximum Gasteiger partial charge on any atom is 0.292 e. The largest absolute Gasteiger partial charge is 0.380 e. The third-order valence-corrected chi connectivity index (χ3v) is 3.63. The van der Waals surface area contributed by atoms with Gasteiger partial charge in [0.1, 0.15) is 5.69 Å². The smallest absolute Gasteiger partial charge is 0.292 e. The van der Waals surface area contributed by atoms with Gasteiger partial charge in [-0.3, -0.25) is 15.0 Å². The molecule has 0 unspecified atom stereocenters. The highest BCUT2D eigenvalue weighted by atomic mass is 16.6. The molecule has 1 N–H and O–H groups in total. The van der Waals surface area contributed by atoms with Crippen LogP contribution in [0.5, 0.6) is 0 Å². The summed E-state index contributed by atoms with van der Waals surface area (Å²) in [6, 6.07) is 5.36. The molecule has 1 aromatic carbocycles. The van der Waals surface area contributed by atoms with Crippen molar-refractivity contribution in [3.8, 4) is 0 Å². The van der Waals surface area contributed by atoms with Crippen LogP contribution < -0.4 is 5.32 Å². The van der Waals surface area contributed by atoms with Gasteiger partial charge in [0.05, 0.1) is 4.92 Å². The molecule has 1 fully saturated rings. The van der Waals surface area contributed by atoms with E-state index in [-0.39, 0.29) is 10.6 Å². The lowest BCUT2D eigenvalue weighted by atomic mass is 10.1. The SMILES string of the molecule is CCNc1cc(CN2CCN(C)CC2)ccc1[N+](=O)[O-]. The van der Waals surface area contributed by atoms with Crippen molar-refractivity contribution < 1.29 is 4.92 Å². The molecule has 20 heavy (non-hydrogen) atoms. The van der Waals surface area contributed by atoms with E-state index < -0.39 is 0 Å². The Bertz CT molecular complexity index is 470. The molecule has 1 heterocycles. The van der Waals surface area contributed by atoms with Gasteiger partial charge in [-0.1, -0.05) is 6.07 Å². The first-order chi connectivity index (χ1) is 9.60. The molecule has 1 saturated heterocycles. The van der Waals surface area contributed by atoms with Crippen molar-refractivity contribution in [3.05, 3.63) is 33.9 Å². The number of hydrogen-bond donors (Lipinski definition) is 1. The third-order valence-electron chi connectivity index (χ3n) is 3.63. The van der Waals surface area contributed by atoms with Gasteiger partial charge in [0.15, 0.2) is 0 Å². The molecule has 0 atom stereocenters. The number of nitro benzene ring substituents is 1. The molecule has 0 amide bonds. The summed E-state index contributed by atoms with van der Waals surface area (Å²) >= 11 is 0. The Hall–Kier alpha value is -1.66. The van der Waals surface area contributed by atoms with E-state index in [1.807, 2.05) is 19.1 Å². The summed E-state index contributed by atoms with van der Waals surface area (Å²) < 4.78 is 0. The summed E-state index contributed by atoms with van der Waals surface area (Å²) in [6.07, 6.45) is 0. The van der Waals surface area contributed by atoms with E-state index in [2.05, 4.69) is 22.2 Å². The number of piperazine rings is 1. The van der Waals surface area contributed by atoms with Crippen molar-refractivity contribution in [2.45, 2.75) is 13.5 Å². The summed E-state index contributed by atoms with van der Waals surface area (Å²) in [4.78, 5) is 15.3. The molecule has 0 spiro atoms. The summed E-state index contributed by atoms with van der Waals surface area (Å²) in [6.45, 7) is 7.72. The van der Waals surface area contributed by atoms with Gasteiger partial charge in [-0.15, -0.1) is 0 Å². The number of hydrogen-bond acceptors (Lipinski definition) is 5. The van der Waals surface area contributed by atoms with E-state index in [4.69, 9.17) is 0 Å². The molecule has 6 heteroatoms. The fourth-order valence-electron chi connectivity index (χ4n) is 2.44. The predicted molar refractivity (Wildman–Crippen MR) is 80.0 cm³/mol. The van der Waals surface area contributed by atoms with Gasteiger partial charge in [0.2, 0.25) is 0 Å². The molecule has 1 aliphatic heterocycles. The molecule has 0 radical (unpaired) electrons. The maximum absolute atomic E-state index is 11.0. The summed E-state index contributed by atoms with van der Waals surface area (Å²) in [7, 11) is 2.13. The lowest BCUT2D eigenvalue weighted by Crippen LogP contribution is -2.43. The highest BCUT2D eigenvalue weighted by Crippen LogP contribution is 2.26. The standard InChI is InChI=1S/C14H22N4O2/c1-3-15-13-10-12(4-5-14(13)18(19)20)11-17-8-6-16(2)7-9-17/h4-5,10,15H,3,6-9,11H2,1-2H3. The molecule has 110 valence electrons. The predicted octanol–water partition coefficient (Wildman–Crippen LogP) is 1.77. The Morgan fingerprint density at radius 2 is 2.00 bits per heavy atom. The highest BCUT2D eigenvalue weighted by Gasteiger charge is 2.17. The molecule has 6 nitrogen and oxygen atoms in total. The number of anilines is 1. The van der Waals surface area contributed by atoms with Crippen LogP contribution in [-0.4, -0.2) is 54.5 Å². The van der Waals surface area contributed by atoms with E-state index in [0.717, 1.165) is 38.3 Å². The second-order valence-electron chi connectivity index (χ2n) is 5.22. The number of nitro groups is 1. The van der Waals surface area contributed by atoms with Gasteiger partial charge >= 0.3 is 0 Å². The van der Waals surface area contributed by atoms with Crippen LogP contribution in [0.3, 0.4) is 0 Å². The van der Waals surface area contributed by atoms with Gasteiger partial charge in [0.25, 0.3) is 5.69 Å². The van der Waals surface area contributed by atoms with Crippen molar-refractivity contribution in [2.75, 3.05) is 45.1 Å². The first kappa shape index (κ1) is 14.7. The van der Waals surface area contributed by atoms with Crippen molar-refractivity contribution in [1.29, 1.82) is 0 Å². The molecule has 0 saturated carbocycles. The average molecular weight is 278 g/mol. The van der Waals surface area contributed by atoms with Gasteiger partial charge in [-0.05, 0) is 25.6 Å². The van der Waals surface area contributed by atoms with Crippen LogP contribution >= 0.6 is 0 Å². The average Bonchev–Trinajstić information content (AvgIpc) is 2.42. The van der Waals surface area contributed by atoms with Crippen LogP contribution in [0.4, 0.5) is 11.4 Å². The Labute approximate surface area is 119 Å².